The molecule has 3 heteroatoms. The minimum Gasteiger partial charge on any atom is -0.508 e. The second-order valence-electron chi connectivity index (χ2n) is 10.3. The van der Waals surface area contributed by atoms with Crippen LogP contribution in [0.5, 0.6) is 5.75 Å². The van der Waals surface area contributed by atoms with E-state index < -0.39 is 0 Å². The lowest BCUT2D eigenvalue weighted by Gasteiger charge is -2.51. The largest absolute Gasteiger partial charge is 0.508 e. The molecule has 0 amide bonds. The summed E-state index contributed by atoms with van der Waals surface area (Å²) in [5.41, 5.74) is 8.44. The lowest BCUT2D eigenvalue weighted by Crippen LogP contribution is -2.53. The van der Waals surface area contributed by atoms with Gasteiger partial charge in [0, 0.05) is 42.1 Å². The Morgan fingerprint density at radius 3 is 2.67 bits per heavy atom. The molecule has 2 atom stereocenters. The Morgan fingerprint density at radius 2 is 1.85 bits per heavy atom. The molecule has 1 N–H and O–H groups in total. The van der Waals surface area contributed by atoms with E-state index in [0.29, 0.717) is 11.7 Å². The molecule has 0 spiro atoms. The van der Waals surface area contributed by atoms with Gasteiger partial charge in [-0.05, 0) is 79.1 Å². The Morgan fingerprint density at radius 1 is 1.00 bits per heavy atom. The summed E-state index contributed by atoms with van der Waals surface area (Å²) in [5.74, 6) is 0.905. The van der Waals surface area contributed by atoms with Crippen molar-refractivity contribution in [1.82, 2.24) is 9.47 Å². The number of aromatic hydroxyl groups is 1. The van der Waals surface area contributed by atoms with Crippen LogP contribution >= 0.6 is 0 Å². The maximum atomic E-state index is 10.4. The van der Waals surface area contributed by atoms with E-state index in [1.54, 1.807) is 6.07 Å². The highest BCUT2D eigenvalue weighted by Crippen LogP contribution is 2.50. The van der Waals surface area contributed by atoms with Crippen molar-refractivity contribution in [1.29, 1.82) is 0 Å². The van der Waals surface area contributed by atoms with Crippen molar-refractivity contribution in [2.75, 3.05) is 13.1 Å². The predicted molar refractivity (Wildman–Crippen MR) is 135 cm³/mol. The maximum Gasteiger partial charge on any atom is 0.115 e. The van der Waals surface area contributed by atoms with Crippen LogP contribution < -0.4 is 0 Å². The molecule has 33 heavy (non-hydrogen) atoms. The Hall–Kier alpha value is -3.04. The maximum absolute atomic E-state index is 10.4. The molecule has 0 radical (unpaired) electrons. The first kappa shape index (κ1) is 20.6. The number of phenols is 1. The van der Waals surface area contributed by atoms with Gasteiger partial charge in [-0.25, -0.2) is 0 Å². The van der Waals surface area contributed by atoms with Crippen LogP contribution in [0.1, 0.15) is 34.4 Å². The Balaban J connectivity index is 1.44. The van der Waals surface area contributed by atoms with Crippen LogP contribution in [0.2, 0.25) is 0 Å². The third-order valence-corrected chi connectivity index (χ3v) is 8.33. The first-order valence-electron chi connectivity index (χ1n) is 12.2. The van der Waals surface area contributed by atoms with Crippen molar-refractivity contribution < 1.29 is 5.11 Å². The molecule has 1 aliphatic heterocycles. The van der Waals surface area contributed by atoms with Crippen LogP contribution in [0.25, 0.3) is 10.9 Å². The molecule has 4 aromatic rings. The van der Waals surface area contributed by atoms with E-state index in [1.807, 2.05) is 12.1 Å². The third-order valence-electron chi connectivity index (χ3n) is 8.33. The van der Waals surface area contributed by atoms with Crippen molar-refractivity contribution in [3.8, 4) is 5.75 Å². The second kappa shape index (κ2) is 7.78. The minimum atomic E-state index is 0.0656. The molecule has 1 fully saturated rings. The first-order chi connectivity index (χ1) is 16.0. The van der Waals surface area contributed by atoms with E-state index in [1.165, 1.54) is 38.9 Å². The van der Waals surface area contributed by atoms with Crippen molar-refractivity contribution in [3.63, 3.8) is 0 Å². The quantitative estimate of drug-likeness (QED) is 0.443. The topological polar surface area (TPSA) is 28.4 Å². The van der Waals surface area contributed by atoms with E-state index in [9.17, 15) is 5.11 Å². The highest BCUT2D eigenvalue weighted by atomic mass is 16.3. The Labute approximate surface area is 196 Å². The summed E-state index contributed by atoms with van der Waals surface area (Å²) in [6.07, 6.45) is 3.25. The molecule has 2 heterocycles. The molecule has 2 unspecified atom stereocenters. The zero-order valence-electron chi connectivity index (χ0n) is 19.6. The molecule has 6 rings (SSSR count). The lowest BCUT2D eigenvalue weighted by atomic mass is 9.58. The van der Waals surface area contributed by atoms with Gasteiger partial charge in [0.25, 0.3) is 0 Å². The van der Waals surface area contributed by atoms with Crippen LogP contribution in [-0.2, 0) is 31.8 Å². The smallest absolute Gasteiger partial charge is 0.115 e. The van der Waals surface area contributed by atoms with Crippen molar-refractivity contribution >= 4 is 10.9 Å². The zero-order chi connectivity index (χ0) is 22.6. The number of phenolic OH excluding ortho intramolecular Hbond substituents is 1. The molecule has 1 aliphatic carbocycles. The average molecular weight is 437 g/mol. The van der Waals surface area contributed by atoms with Crippen LogP contribution in [-0.4, -0.2) is 27.7 Å². The highest BCUT2D eigenvalue weighted by Gasteiger charge is 2.48. The van der Waals surface area contributed by atoms with Gasteiger partial charge in [0.1, 0.15) is 5.75 Å². The summed E-state index contributed by atoms with van der Waals surface area (Å²) >= 11 is 0. The summed E-state index contributed by atoms with van der Waals surface area (Å²) in [6, 6.07) is 25.9. The van der Waals surface area contributed by atoms with E-state index in [4.69, 9.17) is 0 Å². The number of fused-ring (bicyclic) bond motifs is 4. The van der Waals surface area contributed by atoms with Gasteiger partial charge in [0.05, 0.1) is 0 Å². The first-order valence-corrected chi connectivity index (χ1v) is 12.2. The Bertz CT molecular complexity index is 1320. The van der Waals surface area contributed by atoms with Gasteiger partial charge >= 0.3 is 0 Å². The van der Waals surface area contributed by atoms with Crippen molar-refractivity contribution in [2.24, 2.45) is 13.0 Å². The molecule has 1 saturated heterocycles. The van der Waals surface area contributed by atoms with Gasteiger partial charge in [-0.15, -0.1) is 0 Å². The predicted octanol–water partition coefficient (Wildman–Crippen LogP) is 5.75. The van der Waals surface area contributed by atoms with E-state index in [-0.39, 0.29) is 5.41 Å². The lowest BCUT2D eigenvalue weighted by molar-refractivity contribution is 0.0758. The summed E-state index contributed by atoms with van der Waals surface area (Å²) < 4.78 is 2.44. The van der Waals surface area contributed by atoms with Gasteiger partial charge in [0.2, 0.25) is 0 Å². The monoisotopic (exact) mass is 436 g/mol. The van der Waals surface area contributed by atoms with E-state index in [2.05, 4.69) is 78.0 Å². The van der Waals surface area contributed by atoms with Gasteiger partial charge in [-0.3, -0.25) is 4.90 Å². The van der Waals surface area contributed by atoms with Crippen LogP contribution in [0.3, 0.4) is 0 Å². The molecular weight excluding hydrogens is 404 g/mol. The van der Waals surface area contributed by atoms with Crippen molar-refractivity contribution in [2.45, 2.75) is 38.1 Å². The fourth-order valence-electron chi connectivity index (χ4n) is 6.59. The SMILES string of the molecule is Cc1ccc2c3c(n(C)c2c1)CC1(c2cccc(O)c2)CCN(Cc2ccccc2)CC1C3. The van der Waals surface area contributed by atoms with E-state index >= 15 is 0 Å². The number of benzene rings is 3. The van der Waals surface area contributed by atoms with Crippen LogP contribution in [0, 0.1) is 12.8 Å². The number of hydrogen-bond donors (Lipinski definition) is 1. The highest BCUT2D eigenvalue weighted by molar-refractivity contribution is 5.86. The number of aryl methyl sites for hydroxylation is 2. The van der Waals surface area contributed by atoms with E-state index in [0.717, 1.165) is 38.9 Å². The number of likely N-dealkylation sites (tertiary alicyclic amines) is 1. The van der Waals surface area contributed by atoms with Crippen LogP contribution in [0.4, 0.5) is 0 Å². The summed E-state index contributed by atoms with van der Waals surface area (Å²) in [7, 11) is 2.24. The number of piperidine rings is 1. The van der Waals surface area contributed by atoms with Gasteiger partial charge in [-0.2, -0.15) is 0 Å². The summed E-state index contributed by atoms with van der Waals surface area (Å²) in [6.45, 7) is 5.36. The molecule has 3 nitrogen and oxygen atoms in total. The molecule has 0 bridgehead atoms. The van der Waals surface area contributed by atoms with Crippen molar-refractivity contribution in [3.05, 3.63) is 101 Å². The molecular formula is C30H32N2O. The minimum absolute atomic E-state index is 0.0656. The number of rotatable bonds is 3. The summed E-state index contributed by atoms with van der Waals surface area (Å²) in [5, 5.41) is 11.8. The van der Waals surface area contributed by atoms with Crippen LogP contribution in [0.15, 0.2) is 72.8 Å². The molecule has 168 valence electrons. The molecule has 1 aromatic heterocycles. The standard InChI is InChI=1S/C30H32N2O/c1-21-11-12-26-27-17-24-20-32(19-22-7-4-3-5-8-22)14-13-30(24,23-9-6-10-25(33)16-23)18-29(27)31(2)28(26)15-21/h3-12,15-16,24,33H,13-14,17-20H2,1-2H3. The second-order valence-corrected chi connectivity index (χ2v) is 10.3. The van der Waals surface area contributed by atoms with Gasteiger partial charge < -0.3 is 9.67 Å². The molecule has 2 aliphatic rings. The molecule has 0 saturated carbocycles. The zero-order valence-corrected chi connectivity index (χ0v) is 19.6. The normalized spacial score (nSPS) is 22.8. The van der Waals surface area contributed by atoms with Gasteiger partial charge in [0.15, 0.2) is 0 Å². The molecule has 3 aromatic carbocycles. The number of hydrogen-bond acceptors (Lipinski definition) is 2. The van der Waals surface area contributed by atoms with Gasteiger partial charge in [-0.1, -0.05) is 54.6 Å². The fourth-order valence-corrected chi connectivity index (χ4v) is 6.59. The number of nitrogens with zero attached hydrogens (tertiary/aromatic N) is 2. The third kappa shape index (κ3) is 3.38. The Kier molecular flexibility index (Phi) is 4.84. The fraction of sp³-hybridized carbons (Fsp3) is 0.333. The summed E-state index contributed by atoms with van der Waals surface area (Å²) in [4.78, 5) is 2.64. The number of aromatic nitrogens is 1. The average Bonchev–Trinajstić information content (AvgIpc) is 3.08.